The molecule has 1 aromatic heterocycles. The molecule has 0 saturated heterocycles. The molecule has 0 N–H and O–H groups in total. The Balaban J connectivity index is 1.82. The lowest BCUT2D eigenvalue weighted by Gasteiger charge is -2.20. The molecule has 1 aliphatic carbocycles. The second-order valence-corrected chi connectivity index (χ2v) is 9.90. The summed E-state index contributed by atoms with van der Waals surface area (Å²) in [6.45, 7) is 7.09. The Morgan fingerprint density at radius 2 is 1.90 bits per heavy atom. The molecule has 1 heterocycles. The van der Waals surface area contributed by atoms with Gasteiger partial charge in [-0.25, -0.2) is 0 Å². The number of aromatic nitrogens is 3. The van der Waals surface area contributed by atoms with Crippen molar-refractivity contribution in [2.45, 2.75) is 69.5 Å². The number of hydrogen-bond acceptors (Lipinski definition) is 5. The number of nitriles is 1. The van der Waals surface area contributed by atoms with Crippen molar-refractivity contribution in [3.05, 3.63) is 29.8 Å². The summed E-state index contributed by atoms with van der Waals surface area (Å²) in [4.78, 5) is 14.0. The smallest absolute Gasteiger partial charge is 0.232 e. The zero-order valence-corrected chi connectivity index (χ0v) is 19.2. The summed E-state index contributed by atoms with van der Waals surface area (Å²) in [7, 11) is 1.74. The first-order valence-electron chi connectivity index (χ1n) is 10.6. The summed E-state index contributed by atoms with van der Waals surface area (Å²) < 4.78 is 2.24. The van der Waals surface area contributed by atoms with E-state index in [4.69, 9.17) is 5.26 Å². The van der Waals surface area contributed by atoms with Crippen LogP contribution in [0, 0.1) is 11.3 Å². The summed E-state index contributed by atoms with van der Waals surface area (Å²) in [6, 6.07) is 11.1. The molecule has 3 rings (SSSR count). The Morgan fingerprint density at radius 3 is 2.50 bits per heavy atom. The molecule has 0 bridgehead atoms. The van der Waals surface area contributed by atoms with E-state index in [2.05, 4.69) is 65.9 Å². The number of nitrogens with zero attached hydrogens (tertiary/aromatic N) is 5. The fraction of sp³-hybridized carbons (Fsp3) is 0.565. The fourth-order valence-electron chi connectivity index (χ4n) is 3.76. The average Bonchev–Trinajstić information content (AvgIpc) is 3.39. The minimum Gasteiger partial charge on any atom is -0.344 e. The van der Waals surface area contributed by atoms with Crippen molar-refractivity contribution in [1.82, 2.24) is 19.7 Å². The van der Waals surface area contributed by atoms with Gasteiger partial charge in [-0.15, -0.1) is 10.2 Å². The van der Waals surface area contributed by atoms with Gasteiger partial charge in [-0.3, -0.25) is 9.36 Å². The number of benzene rings is 1. The highest BCUT2D eigenvalue weighted by Crippen LogP contribution is 2.37. The van der Waals surface area contributed by atoms with Crippen LogP contribution in [0.5, 0.6) is 0 Å². The average molecular weight is 426 g/mol. The van der Waals surface area contributed by atoms with E-state index in [0.717, 1.165) is 29.4 Å². The van der Waals surface area contributed by atoms with Crippen LogP contribution >= 0.6 is 11.8 Å². The summed E-state index contributed by atoms with van der Waals surface area (Å²) in [6.07, 6.45) is 5.01. The van der Waals surface area contributed by atoms with Crippen molar-refractivity contribution in [2.24, 2.45) is 0 Å². The molecule has 0 atom stereocenters. The first-order chi connectivity index (χ1) is 14.3. The first-order valence-corrected chi connectivity index (χ1v) is 11.6. The van der Waals surface area contributed by atoms with Crippen LogP contribution in [0.3, 0.4) is 0 Å². The molecular weight excluding hydrogens is 394 g/mol. The molecule has 1 aliphatic rings. The maximum absolute atomic E-state index is 12.4. The summed E-state index contributed by atoms with van der Waals surface area (Å²) in [5, 5.41) is 18.5. The highest BCUT2D eigenvalue weighted by atomic mass is 32.2. The van der Waals surface area contributed by atoms with Crippen molar-refractivity contribution >= 4 is 17.7 Å². The van der Waals surface area contributed by atoms with Crippen LogP contribution in [0.25, 0.3) is 11.4 Å². The Bertz CT molecular complexity index is 901. The first kappa shape index (κ1) is 22.4. The van der Waals surface area contributed by atoms with Gasteiger partial charge in [0.05, 0.1) is 18.2 Å². The standard InChI is InChI=1S/C23H31N5OS/c1-23(2,3)18-12-10-17(11-13-18)21-25-26-22(28(21)19-8-5-6-9-19)30-16-20(29)27(4)15-7-14-24/h10-13,19H,5-9,15-16H2,1-4H3. The zero-order valence-electron chi connectivity index (χ0n) is 18.4. The number of carbonyl (C=O) groups excluding carboxylic acids is 1. The summed E-state index contributed by atoms with van der Waals surface area (Å²) >= 11 is 1.44. The molecule has 0 unspecified atom stereocenters. The molecular formula is C23H31N5OS. The van der Waals surface area contributed by atoms with Crippen molar-refractivity contribution in [3.63, 3.8) is 0 Å². The van der Waals surface area contributed by atoms with Gasteiger partial charge in [-0.05, 0) is 23.8 Å². The summed E-state index contributed by atoms with van der Waals surface area (Å²) in [5.74, 6) is 1.19. The maximum Gasteiger partial charge on any atom is 0.232 e. The van der Waals surface area contributed by atoms with E-state index in [9.17, 15) is 4.79 Å². The van der Waals surface area contributed by atoms with Crippen molar-refractivity contribution in [3.8, 4) is 17.5 Å². The highest BCUT2D eigenvalue weighted by molar-refractivity contribution is 7.99. The third-order valence-corrected chi connectivity index (χ3v) is 6.60. The zero-order chi connectivity index (χ0) is 21.7. The Kier molecular flexibility index (Phi) is 7.19. The lowest BCUT2D eigenvalue weighted by atomic mass is 9.86. The van der Waals surface area contributed by atoms with Crippen LogP contribution in [0.4, 0.5) is 0 Å². The molecule has 1 saturated carbocycles. The van der Waals surface area contributed by atoms with Crippen LogP contribution in [-0.4, -0.2) is 44.9 Å². The third-order valence-electron chi connectivity index (χ3n) is 5.67. The van der Waals surface area contributed by atoms with Crippen LogP contribution in [0.2, 0.25) is 0 Å². The van der Waals surface area contributed by atoms with Gasteiger partial charge in [0.15, 0.2) is 11.0 Å². The van der Waals surface area contributed by atoms with E-state index in [-0.39, 0.29) is 11.3 Å². The predicted molar refractivity (Wildman–Crippen MR) is 120 cm³/mol. The normalized spacial score (nSPS) is 14.6. The Morgan fingerprint density at radius 1 is 1.23 bits per heavy atom. The predicted octanol–water partition coefficient (Wildman–Crippen LogP) is 4.82. The van der Waals surface area contributed by atoms with Crippen LogP contribution in [0.1, 0.15) is 64.5 Å². The summed E-state index contributed by atoms with van der Waals surface area (Å²) in [5.41, 5.74) is 2.46. The van der Waals surface area contributed by atoms with E-state index < -0.39 is 0 Å². The lowest BCUT2D eigenvalue weighted by Crippen LogP contribution is -2.29. The van der Waals surface area contributed by atoms with Gasteiger partial charge >= 0.3 is 0 Å². The number of carbonyl (C=O) groups is 1. The topological polar surface area (TPSA) is 74.8 Å². The molecule has 160 valence electrons. The van der Waals surface area contributed by atoms with Gasteiger partial charge in [0.1, 0.15) is 0 Å². The van der Waals surface area contributed by atoms with Crippen molar-refractivity contribution in [1.29, 1.82) is 5.26 Å². The second kappa shape index (κ2) is 9.65. The monoisotopic (exact) mass is 425 g/mol. The van der Waals surface area contributed by atoms with E-state index >= 15 is 0 Å². The van der Waals surface area contributed by atoms with Crippen molar-refractivity contribution < 1.29 is 4.79 Å². The van der Waals surface area contributed by atoms with E-state index in [0.29, 0.717) is 24.8 Å². The quantitative estimate of drug-likeness (QED) is 0.595. The number of amides is 1. The number of hydrogen-bond donors (Lipinski definition) is 0. The lowest BCUT2D eigenvalue weighted by molar-refractivity contribution is -0.127. The SMILES string of the molecule is CN(CCC#N)C(=O)CSc1nnc(-c2ccc(C(C)(C)C)cc2)n1C1CCCC1. The highest BCUT2D eigenvalue weighted by Gasteiger charge is 2.26. The van der Waals surface area contributed by atoms with Crippen molar-refractivity contribution in [2.75, 3.05) is 19.3 Å². The maximum atomic E-state index is 12.4. The molecule has 1 fully saturated rings. The second-order valence-electron chi connectivity index (χ2n) is 8.95. The largest absolute Gasteiger partial charge is 0.344 e. The fourth-order valence-corrected chi connectivity index (χ4v) is 4.71. The minimum atomic E-state index is 0.00676. The molecule has 7 heteroatoms. The Labute approximate surface area is 183 Å². The third kappa shape index (κ3) is 5.23. The Hall–Kier alpha value is -2.33. The van der Waals surface area contributed by atoms with E-state index in [1.807, 2.05) is 0 Å². The van der Waals surface area contributed by atoms with E-state index in [1.54, 1.807) is 11.9 Å². The van der Waals surface area contributed by atoms with Gasteiger partial charge in [-0.1, -0.05) is 69.6 Å². The number of rotatable bonds is 7. The van der Waals surface area contributed by atoms with E-state index in [1.165, 1.54) is 30.2 Å². The molecule has 2 aromatic rings. The van der Waals surface area contributed by atoms with Gasteiger partial charge in [0.25, 0.3) is 0 Å². The minimum absolute atomic E-state index is 0.00676. The molecule has 0 aliphatic heterocycles. The van der Waals surface area contributed by atoms with Gasteiger partial charge in [-0.2, -0.15) is 5.26 Å². The molecule has 1 aromatic carbocycles. The van der Waals surface area contributed by atoms with Gasteiger partial charge in [0, 0.05) is 25.2 Å². The molecule has 0 spiro atoms. The molecule has 6 nitrogen and oxygen atoms in total. The van der Waals surface area contributed by atoms with Crippen LogP contribution in [-0.2, 0) is 10.2 Å². The number of thioether (sulfide) groups is 1. The van der Waals surface area contributed by atoms with Gasteiger partial charge < -0.3 is 4.90 Å². The van der Waals surface area contributed by atoms with Gasteiger partial charge in [0.2, 0.25) is 5.91 Å². The van der Waals surface area contributed by atoms with Crippen LogP contribution in [0.15, 0.2) is 29.4 Å². The van der Waals surface area contributed by atoms with Crippen LogP contribution < -0.4 is 0 Å². The molecule has 1 amide bonds. The molecule has 30 heavy (non-hydrogen) atoms. The molecule has 0 radical (unpaired) electrons.